The van der Waals surface area contributed by atoms with Crippen molar-refractivity contribution in [2.45, 2.75) is 38.2 Å². The first-order valence-electron chi connectivity index (χ1n) is 6.78. The predicted octanol–water partition coefficient (Wildman–Crippen LogP) is 2.57. The highest BCUT2D eigenvalue weighted by molar-refractivity contribution is 6.16. The summed E-state index contributed by atoms with van der Waals surface area (Å²) in [6.07, 6.45) is 2.67. The summed E-state index contributed by atoms with van der Waals surface area (Å²) in [5, 5.41) is 0. The number of hydrogen-bond donors (Lipinski definition) is 0. The van der Waals surface area contributed by atoms with Crippen molar-refractivity contribution in [1.82, 2.24) is 19.4 Å². The fourth-order valence-electron chi connectivity index (χ4n) is 2.44. The molecule has 0 spiro atoms. The molecule has 0 atom stereocenters. The van der Waals surface area contributed by atoms with Gasteiger partial charge >= 0.3 is 0 Å². The van der Waals surface area contributed by atoms with Gasteiger partial charge in [-0.2, -0.15) is 0 Å². The number of pyridine rings is 1. The molecule has 0 amide bonds. The van der Waals surface area contributed by atoms with E-state index in [0.29, 0.717) is 5.88 Å². The van der Waals surface area contributed by atoms with Crippen LogP contribution in [0.3, 0.4) is 0 Å². The highest BCUT2D eigenvalue weighted by Gasteiger charge is 2.25. The lowest BCUT2D eigenvalue weighted by Crippen LogP contribution is -2.25. The zero-order chi connectivity index (χ0) is 13.4. The standard InChI is InChI=1S/C14H19ClN4/c1-10-3-6-12-14(16-10)19(13(9-15)17-12)8-7-18(2)11-4-5-11/h3,6,11H,4-5,7-9H2,1-2H3. The molecule has 0 aromatic carbocycles. The predicted molar refractivity (Wildman–Crippen MR) is 77.5 cm³/mol. The largest absolute Gasteiger partial charge is 0.310 e. The maximum atomic E-state index is 6.01. The van der Waals surface area contributed by atoms with E-state index in [1.807, 2.05) is 19.1 Å². The van der Waals surface area contributed by atoms with Gasteiger partial charge in [0.15, 0.2) is 5.65 Å². The van der Waals surface area contributed by atoms with Gasteiger partial charge in [-0.25, -0.2) is 9.97 Å². The van der Waals surface area contributed by atoms with Gasteiger partial charge in [-0.05, 0) is 38.9 Å². The highest BCUT2D eigenvalue weighted by Crippen LogP contribution is 2.25. The van der Waals surface area contributed by atoms with E-state index in [2.05, 4.69) is 26.5 Å². The van der Waals surface area contributed by atoms with Crippen LogP contribution < -0.4 is 0 Å². The summed E-state index contributed by atoms with van der Waals surface area (Å²) in [5.74, 6) is 1.35. The van der Waals surface area contributed by atoms with Gasteiger partial charge in [-0.3, -0.25) is 0 Å². The molecular weight excluding hydrogens is 260 g/mol. The first-order valence-corrected chi connectivity index (χ1v) is 7.31. The smallest absolute Gasteiger partial charge is 0.160 e. The first kappa shape index (κ1) is 12.9. The number of aromatic nitrogens is 3. The van der Waals surface area contributed by atoms with Crippen molar-refractivity contribution in [3.63, 3.8) is 0 Å². The molecule has 5 heteroatoms. The number of alkyl halides is 1. The van der Waals surface area contributed by atoms with Crippen LogP contribution in [-0.2, 0) is 12.4 Å². The summed E-state index contributed by atoms with van der Waals surface area (Å²) in [6.45, 7) is 3.94. The Morgan fingerprint density at radius 1 is 1.37 bits per heavy atom. The van der Waals surface area contributed by atoms with Crippen LogP contribution >= 0.6 is 11.6 Å². The number of likely N-dealkylation sites (N-methyl/N-ethyl adjacent to an activating group) is 1. The second kappa shape index (κ2) is 5.10. The van der Waals surface area contributed by atoms with Gasteiger partial charge in [0, 0.05) is 24.8 Å². The lowest BCUT2D eigenvalue weighted by Gasteiger charge is -2.16. The van der Waals surface area contributed by atoms with Crippen LogP contribution in [0.15, 0.2) is 12.1 Å². The van der Waals surface area contributed by atoms with Gasteiger partial charge < -0.3 is 9.47 Å². The van der Waals surface area contributed by atoms with E-state index < -0.39 is 0 Å². The number of imidazole rings is 1. The molecule has 1 saturated carbocycles. The normalized spacial score (nSPS) is 15.6. The molecule has 0 N–H and O–H groups in total. The molecule has 3 rings (SSSR count). The summed E-state index contributed by atoms with van der Waals surface area (Å²) in [7, 11) is 2.19. The lowest BCUT2D eigenvalue weighted by molar-refractivity contribution is 0.309. The SMILES string of the molecule is Cc1ccc2nc(CCl)n(CCN(C)C3CC3)c2n1. The van der Waals surface area contributed by atoms with Gasteiger partial charge in [0.25, 0.3) is 0 Å². The van der Waals surface area contributed by atoms with Crippen LogP contribution in [0.25, 0.3) is 11.2 Å². The first-order chi connectivity index (χ1) is 9.19. The van der Waals surface area contributed by atoms with Crippen molar-refractivity contribution >= 4 is 22.8 Å². The fourth-order valence-corrected chi connectivity index (χ4v) is 2.64. The molecule has 2 heterocycles. The number of aryl methyl sites for hydroxylation is 1. The lowest BCUT2D eigenvalue weighted by atomic mass is 10.3. The summed E-state index contributed by atoms with van der Waals surface area (Å²) in [4.78, 5) is 11.6. The Kier molecular flexibility index (Phi) is 3.46. The van der Waals surface area contributed by atoms with E-state index in [9.17, 15) is 0 Å². The number of hydrogen-bond acceptors (Lipinski definition) is 3. The summed E-state index contributed by atoms with van der Waals surface area (Å²) < 4.78 is 2.16. The van der Waals surface area contributed by atoms with E-state index >= 15 is 0 Å². The van der Waals surface area contributed by atoms with Crippen LogP contribution in [0.5, 0.6) is 0 Å². The van der Waals surface area contributed by atoms with Crippen molar-refractivity contribution in [3.8, 4) is 0 Å². The third kappa shape index (κ3) is 2.60. The molecule has 4 nitrogen and oxygen atoms in total. The Balaban J connectivity index is 1.88. The number of nitrogens with zero attached hydrogens (tertiary/aromatic N) is 4. The molecular formula is C14H19ClN4. The van der Waals surface area contributed by atoms with Gasteiger partial charge in [-0.1, -0.05) is 0 Å². The maximum Gasteiger partial charge on any atom is 0.160 e. The molecule has 2 aromatic heterocycles. The monoisotopic (exact) mass is 278 g/mol. The van der Waals surface area contributed by atoms with Crippen LogP contribution in [0.1, 0.15) is 24.4 Å². The van der Waals surface area contributed by atoms with Crippen molar-refractivity contribution in [2.24, 2.45) is 0 Å². The van der Waals surface area contributed by atoms with Crippen LogP contribution in [0.4, 0.5) is 0 Å². The van der Waals surface area contributed by atoms with Crippen LogP contribution in [0, 0.1) is 6.92 Å². The van der Waals surface area contributed by atoms with E-state index in [1.54, 1.807) is 0 Å². The molecule has 0 saturated heterocycles. The molecule has 19 heavy (non-hydrogen) atoms. The molecule has 102 valence electrons. The Hall–Kier alpha value is -1.13. The van der Waals surface area contributed by atoms with Crippen LogP contribution in [-0.4, -0.2) is 39.1 Å². The third-order valence-corrected chi connectivity index (χ3v) is 4.02. The molecule has 1 fully saturated rings. The minimum Gasteiger partial charge on any atom is -0.310 e. The molecule has 1 aliphatic carbocycles. The van der Waals surface area contributed by atoms with E-state index in [4.69, 9.17) is 11.6 Å². The minimum absolute atomic E-state index is 0.433. The van der Waals surface area contributed by atoms with E-state index in [1.165, 1.54) is 12.8 Å². The quantitative estimate of drug-likeness (QED) is 0.789. The van der Waals surface area contributed by atoms with Crippen molar-refractivity contribution in [2.75, 3.05) is 13.6 Å². The Bertz CT molecular complexity index is 588. The molecule has 0 bridgehead atoms. The average Bonchev–Trinajstić information content (AvgIpc) is 3.19. The second-order valence-corrected chi connectivity index (χ2v) is 5.59. The van der Waals surface area contributed by atoms with Crippen molar-refractivity contribution in [1.29, 1.82) is 0 Å². The molecule has 0 aliphatic heterocycles. The summed E-state index contributed by atoms with van der Waals surface area (Å²) in [6, 6.07) is 4.80. The van der Waals surface area contributed by atoms with E-state index in [0.717, 1.165) is 41.8 Å². The summed E-state index contributed by atoms with van der Waals surface area (Å²) in [5.41, 5.74) is 2.92. The van der Waals surface area contributed by atoms with Gasteiger partial charge in [-0.15, -0.1) is 11.6 Å². The zero-order valence-corrected chi connectivity index (χ0v) is 12.2. The second-order valence-electron chi connectivity index (χ2n) is 5.32. The number of rotatable bonds is 5. The zero-order valence-electron chi connectivity index (χ0n) is 11.4. The van der Waals surface area contributed by atoms with E-state index in [-0.39, 0.29) is 0 Å². The number of fused-ring (bicyclic) bond motifs is 1. The molecule has 2 aromatic rings. The highest BCUT2D eigenvalue weighted by atomic mass is 35.5. The molecule has 0 radical (unpaired) electrons. The maximum absolute atomic E-state index is 6.01. The Labute approximate surface area is 118 Å². The third-order valence-electron chi connectivity index (χ3n) is 3.78. The van der Waals surface area contributed by atoms with Crippen molar-refractivity contribution in [3.05, 3.63) is 23.7 Å². The fraction of sp³-hybridized carbons (Fsp3) is 0.571. The van der Waals surface area contributed by atoms with Crippen molar-refractivity contribution < 1.29 is 0 Å². The Morgan fingerprint density at radius 3 is 2.84 bits per heavy atom. The van der Waals surface area contributed by atoms with Crippen LogP contribution in [0.2, 0.25) is 0 Å². The van der Waals surface area contributed by atoms with Gasteiger partial charge in [0.1, 0.15) is 11.3 Å². The molecule has 1 aliphatic rings. The number of halogens is 1. The van der Waals surface area contributed by atoms with Gasteiger partial charge in [0.05, 0.1) is 5.88 Å². The minimum atomic E-state index is 0.433. The Morgan fingerprint density at radius 2 is 2.16 bits per heavy atom. The molecule has 0 unspecified atom stereocenters. The topological polar surface area (TPSA) is 34.0 Å². The van der Waals surface area contributed by atoms with Gasteiger partial charge in [0.2, 0.25) is 0 Å². The summed E-state index contributed by atoms with van der Waals surface area (Å²) >= 11 is 6.01. The average molecular weight is 279 g/mol.